The summed E-state index contributed by atoms with van der Waals surface area (Å²) in [6.45, 7) is 0.313. The Morgan fingerprint density at radius 1 is 1.40 bits per heavy atom. The SMILES string of the molecule is CNC(CSc1cnn(C)c1)c1ccc2c(c1)OCO2. The second-order valence-corrected chi connectivity index (χ2v) is 5.71. The van der Waals surface area contributed by atoms with Crippen molar-refractivity contribution < 1.29 is 9.47 Å². The van der Waals surface area contributed by atoms with E-state index in [2.05, 4.69) is 16.5 Å². The van der Waals surface area contributed by atoms with E-state index in [-0.39, 0.29) is 6.04 Å². The zero-order valence-electron chi connectivity index (χ0n) is 11.5. The summed E-state index contributed by atoms with van der Waals surface area (Å²) >= 11 is 1.78. The predicted molar refractivity (Wildman–Crippen MR) is 78.3 cm³/mol. The summed E-state index contributed by atoms with van der Waals surface area (Å²) in [6.07, 6.45) is 3.91. The number of fused-ring (bicyclic) bond motifs is 1. The molecule has 2 heterocycles. The molecule has 0 fully saturated rings. The topological polar surface area (TPSA) is 48.3 Å². The van der Waals surface area contributed by atoms with E-state index in [1.165, 1.54) is 10.5 Å². The molecule has 3 rings (SSSR count). The third kappa shape index (κ3) is 2.76. The van der Waals surface area contributed by atoms with Crippen molar-refractivity contribution in [3.8, 4) is 11.5 Å². The molecule has 1 aliphatic rings. The van der Waals surface area contributed by atoms with Gasteiger partial charge in [-0.3, -0.25) is 4.68 Å². The maximum absolute atomic E-state index is 5.43. The van der Waals surface area contributed by atoms with Gasteiger partial charge in [-0.15, -0.1) is 11.8 Å². The van der Waals surface area contributed by atoms with Crippen molar-refractivity contribution in [3.63, 3.8) is 0 Å². The van der Waals surface area contributed by atoms with Gasteiger partial charge in [-0.1, -0.05) is 6.07 Å². The molecule has 1 N–H and O–H groups in total. The molecular weight excluding hydrogens is 274 g/mol. The van der Waals surface area contributed by atoms with E-state index in [0.29, 0.717) is 6.79 Å². The molecule has 0 aliphatic carbocycles. The van der Waals surface area contributed by atoms with E-state index in [9.17, 15) is 0 Å². The van der Waals surface area contributed by atoms with Crippen molar-refractivity contribution in [1.29, 1.82) is 0 Å². The number of hydrogen-bond acceptors (Lipinski definition) is 5. The van der Waals surface area contributed by atoms with Crippen molar-refractivity contribution in [1.82, 2.24) is 15.1 Å². The van der Waals surface area contributed by atoms with Gasteiger partial charge in [-0.25, -0.2) is 0 Å². The molecule has 0 amide bonds. The van der Waals surface area contributed by atoms with Gasteiger partial charge in [-0.2, -0.15) is 5.10 Å². The monoisotopic (exact) mass is 291 g/mol. The Balaban J connectivity index is 1.69. The van der Waals surface area contributed by atoms with Crippen LogP contribution in [-0.4, -0.2) is 29.4 Å². The Morgan fingerprint density at radius 2 is 2.25 bits per heavy atom. The minimum atomic E-state index is 0.259. The summed E-state index contributed by atoms with van der Waals surface area (Å²) < 4.78 is 12.6. The lowest BCUT2D eigenvalue weighted by Crippen LogP contribution is -2.18. The molecule has 1 atom stereocenters. The van der Waals surface area contributed by atoms with Gasteiger partial charge < -0.3 is 14.8 Å². The average Bonchev–Trinajstić information content (AvgIpc) is 3.07. The summed E-state index contributed by atoms with van der Waals surface area (Å²) in [5.41, 5.74) is 1.20. The number of rotatable bonds is 5. The second kappa shape index (κ2) is 5.76. The molecule has 1 aliphatic heterocycles. The first kappa shape index (κ1) is 13.3. The fourth-order valence-electron chi connectivity index (χ4n) is 2.13. The Morgan fingerprint density at radius 3 is 3.00 bits per heavy atom. The quantitative estimate of drug-likeness (QED) is 0.856. The highest BCUT2D eigenvalue weighted by Gasteiger charge is 2.17. The molecule has 1 unspecified atom stereocenters. The molecule has 2 aromatic rings. The van der Waals surface area contributed by atoms with Gasteiger partial charge in [0.1, 0.15) is 0 Å². The van der Waals surface area contributed by atoms with Crippen LogP contribution in [0.15, 0.2) is 35.5 Å². The summed E-state index contributed by atoms with van der Waals surface area (Å²) in [5.74, 6) is 2.58. The molecule has 6 heteroatoms. The first-order valence-corrected chi connectivity index (χ1v) is 7.43. The summed E-state index contributed by atoms with van der Waals surface area (Å²) in [4.78, 5) is 1.17. The Hall–Kier alpha value is -1.66. The molecule has 0 saturated heterocycles. The first-order valence-electron chi connectivity index (χ1n) is 6.44. The Kier molecular flexibility index (Phi) is 3.84. The van der Waals surface area contributed by atoms with E-state index in [1.54, 1.807) is 11.8 Å². The van der Waals surface area contributed by atoms with Crippen LogP contribution >= 0.6 is 11.8 Å². The van der Waals surface area contributed by atoms with Crippen LogP contribution in [-0.2, 0) is 7.05 Å². The molecule has 1 aromatic carbocycles. The van der Waals surface area contributed by atoms with Crippen LogP contribution in [0.4, 0.5) is 0 Å². The third-order valence-electron chi connectivity index (χ3n) is 3.25. The molecule has 0 saturated carbocycles. The van der Waals surface area contributed by atoms with Crippen molar-refractivity contribution in [3.05, 3.63) is 36.2 Å². The standard InChI is InChI=1S/C14H17N3O2S/c1-15-12(8-20-11-6-16-17(2)7-11)10-3-4-13-14(5-10)19-9-18-13/h3-7,12,15H,8-9H2,1-2H3. The van der Waals surface area contributed by atoms with Crippen molar-refractivity contribution in [2.45, 2.75) is 10.9 Å². The molecule has 1 aromatic heterocycles. The van der Waals surface area contributed by atoms with E-state index in [1.807, 2.05) is 43.3 Å². The van der Waals surface area contributed by atoms with E-state index in [4.69, 9.17) is 9.47 Å². The zero-order chi connectivity index (χ0) is 13.9. The molecule has 0 radical (unpaired) electrons. The molecule has 20 heavy (non-hydrogen) atoms. The van der Waals surface area contributed by atoms with Gasteiger partial charge >= 0.3 is 0 Å². The molecule has 5 nitrogen and oxygen atoms in total. The minimum absolute atomic E-state index is 0.259. The Bertz CT molecular complexity index is 600. The summed E-state index contributed by atoms with van der Waals surface area (Å²) in [6, 6.07) is 6.36. The fourth-order valence-corrected chi connectivity index (χ4v) is 3.20. The number of nitrogens with one attached hydrogen (secondary N) is 1. The smallest absolute Gasteiger partial charge is 0.231 e. The van der Waals surface area contributed by atoms with Crippen molar-refractivity contribution >= 4 is 11.8 Å². The first-order chi connectivity index (χ1) is 9.76. The van der Waals surface area contributed by atoms with Crippen LogP contribution in [0.25, 0.3) is 0 Å². The van der Waals surface area contributed by atoms with Gasteiger partial charge in [0.2, 0.25) is 6.79 Å². The van der Waals surface area contributed by atoms with Gasteiger partial charge in [-0.05, 0) is 24.7 Å². The van der Waals surface area contributed by atoms with Gasteiger partial charge in [0.25, 0.3) is 0 Å². The summed E-state index contributed by atoms with van der Waals surface area (Å²) in [7, 11) is 3.90. The fraction of sp³-hybridized carbons (Fsp3) is 0.357. The lowest BCUT2D eigenvalue weighted by Gasteiger charge is -2.16. The van der Waals surface area contributed by atoms with Crippen LogP contribution in [0.3, 0.4) is 0 Å². The predicted octanol–water partition coefficient (Wildman–Crippen LogP) is 2.20. The van der Waals surface area contributed by atoms with Crippen molar-refractivity contribution in [2.75, 3.05) is 19.6 Å². The van der Waals surface area contributed by atoms with Crippen LogP contribution in [0.1, 0.15) is 11.6 Å². The van der Waals surface area contributed by atoms with E-state index in [0.717, 1.165) is 17.3 Å². The average molecular weight is 291 g/mol. The number of benzene rings is 1. The minimum Gasteiger partial charge on any atom is -0.454 e. The van der Waals surface area contributed by atoms with E-state index < -0.39 is 0 Å². The van der Waals surface area contributed by atoms with Crippen LogP contribution in [0.5, 0.6) is 11.5 Å². The normalized spacial score (nSPS) is 14.5. The summed E-state index contributed by atoms with van der Waals surface area (Å²) in [5, 5.41) is 7.52. The number of aryl methyl sites for hydroxylation is 1. The lowest BCUT2D eigenvalue weighted by atomic mass is 10.1. The number of thioether (sulfide) groups is 1. The number of aromatic nitrogens is 2. The van der Waals surface area contributed by atoms with Crippen LogP contribution in [0.2, 0.25) is 0 Å². The number of nitrogens with zero attached hydrogens (tertiary/aromatic N) is 2. The molecule has 0 spiro atoms. The highest BCUT2D eigenvalue weighted by molar-refractivity contribution is 7.99. The van der Waals surface area contributed by atoms with E-state index >= 15 is 0 Å². The highest BCUT2D eigenvalue weighted by atomic mass is 32.2. The molecular formula is C14H17N3O2S. The zero-order valence-corrected chi connectivity index (χ0v) is 12.3. The van der Waals surface area contributed by atoms with Gasteiger partial charge in [0.05, 0.1) is 6.20 Å². The Labute approximate surface area is 122 Å². The molecule has 0 bridgehead atoms. The maximum atomic E-state index is 5.43. The van der Waals surface area contributed by atoms with Crippen LogP contribution < -0.4 is 14.8 Å². The molecule has 106 valence electrons. The maximum Gasteiger partial charge on any atom is 0.231 e. The van der Waals surface area contributed by atoms with Crippen molar-refractivity contribution in [2.24, 2.45) is 7.05 Å². The second-order valence-electron chi connectivity index (χ2n) is 4.61. The number of hydrogen-bond donors (Lipinski definition) is 1. The van der Waals surface area contributed by atoms with Gasteiger partial charge in [0, 0.05) is 29.9 Å². The number of ether oxygens (including phenoxy) is 2. The van der Waals surface area contributed by atoms with Crippen LogP contribution in [0, 0.1) is 0 Å². The third-order valence-corrected chi connectivity index (χ3v) is 4.29. The largest absolute Gasteiger partial charge is 0.454 e. The highest BCUT2D eigenvalue weighted by Crippen LogP contribution is 2.35. The van der Waals surface area contributed by atoms with Gasteiger partial charge in [0.15, 0.2) is 11.5 Å². The lowest BCUT2D eigenvalue weighted by molar-refractivity contribution is 0.174.